The van der Waals surface area contributed by atoms with Crippen molar-refractivity contribution in [3.63, 3.8) is 0 Å². The smallest absolute Gasteiger partial charge is 0.342 e. The highest BCUT2D eigenvalue weighted by molar-refractivity contribution is 6.33. The molecule has 2 aromatic carbocycles. The third kappa shape index (κ3) is 4.35. The van der Waals surface area contributed by atoms with E-state index in [0.29, 0.717) is 11.3 Å². The second-order valence-corrected chi connectivity index (χ2v) is 5.74. The van der Waals surface area contributed by atoms with Crippen molar-refractivity contribution in [3.05, 3.63) is 51.5 Å². The van der Waals surface area contributed by atoms with Crippen LogP contribution in [0.4, 0.5) is 5.69 Å². The molecule has 0 heterocycles. The number of carbonyl (C=O) groups is 2. The summed E-state index contributed by atoms with van der Waals surface area (Å²) in [5.74, 6) is -0.534. The number of Topliss-reactive ketones (excluding diaryl/α,β-unsaturated/α-hetero) is 1. The maximum absolute atomic E-state index is 12.2. The average Bonchev–Trinajstić information content (AvgIpc) is 2.61. The van der Waals surface area contributed by atoms with Gasteiger partial charge in [-0.15, -0.1) is 0 Å². The molecule has 0 amide bonds. The summed E-state index contributed by atoms with van der Waals surface area (Å²) in [4.78, 5) is 24.3. The largest absolute Gasteiger partial charge is 0.496 e. The molecule has 2 N–H and O–H groups in total. The normalized spacial score (nSPS) is 10.2. The number of esters is 1. The molecule has 0 atom stereocenters. The van der Waals surface area contributed by atoms with Gasteiger partial charge in [0, 0.05) is 11.6 Å². The number of carbonyl (C=O) groups excluding carboxylic acids is 2. The summed E-state index contributed by atoms with van der Waals surface area (Å²) in [6, 6.07) is 7.26. The highest BCUT2D eigenvalue weighted by atomic mass is 35.5. The lowest BCUT2D eigenvalue weighted by Gasteiger charge is -2.11. The maximum atomic E-state index is 12.2. The predicted molar refractivity (Wildman–Crippen MR) is 95.0 cm³/mol. The molecule has 2 rings (SSSR count). The number of methoxy groups -OCH3 is 2. The van der Waals surface area contributed by atoms with E-state index in [-0.39, 0.29) is 27.0 Å². The Balaban J connectivity index is 2.11. The zero-order valence-corrected chi connectivity index (χ0v) is 15.0. The molecule has 0 spiro atoms. The van der Waals surface area contributed by atoms with Crippen LogP contribution in [0.2, 0.25) is 10.0 Å². The Morgan fingerprint density at radius 3 is 2.28 bits per heavy atom. The third-order valence-corrected chi connectivity index (χ3v) is 3.97. The summed E-state index contributed by atoms with van der Waals surface area (Å²) in [6.45, 7) is -0.466. The first-order chi connectivity index (χ1) is 11.9. The van der Waals surface area contributed by atoms with E-state index in [1.54, 1.807) is 6.07 Å². The molecule has 0 aromatic heterocycles. The van der Waals surface area contributed by atoms with E-state index in [2.05, 4.69) is 0 Å². The first kappa shape index (κ1) is 18.9. The van der Waals surface area contributed by atoms with Crippen LogP contribution in [0.3, 0.4) is 0 Å². The Bertz CT molecular complexity index is 823. The van der Waals surface area contributed by atoms with Crippen LogP contribution < -0.4 is 15.2 Å². The molecule has 0 bridgehead atoms. The molecular formula is C17H15Cl2NO5. The summed E-state index contributed by atoms with van der Waals surface area (Å²) in [5, 5.41) is 0.465. The maximum Gasteiger partial charge on any atom is 0.342 e. The molecular weight excluding hydrogens is 369 g/mol. The minimum Gasteiger partial charge on any atom is -0.496 e. The molecule has 0 aliphatic heterocycles. The van der Waals surface area contributed by atoms with E-state index in [4.69, 9.17) is 43.1 Å². The number of halogens is 2. The van der Waals surface area contributed by atoms with E-state index < -0.39 is 18.4 Å². The van der Waals surface area contributed by atoms with E-state index in [1.165, 1.54) is 38.5 Å². The van der Waals surface area contributed by atoms with Crippen LogP contribution in [-0.2, 0) is 4.74 Å². The van der Waals surface area contributed by atoms with Crippen molar-refractivity contribution in [1.29, 1.82) is 0 Å². The summed E-state index contributed by atoms with van der Waals surface area (Å²) in [5.41, 5.74) is 6.29. The summed E-state index contributed by atoms with van der Waals surface area (Å²) in [6.07, 6.45) is 0. The van der Waals surface area contributed by atoms with Crippen molar-refractivity contribution >= 4 is 40.6 Å². The van der Waals surface area contributed by atoms with Gasteiger partial charge in [-0.05, 0) is 24.3 Å². The SMILES string of the molecule is COc1ccc(C(=O)COC(=O)c2cc(Cl)c(N)cc2OC)cc1Cl. The number of ether oxygens (including phenoxy) is 3. The molecule has 6 nitrogen and oxygen atoms in total. The molecule has 0 saturated heterocycles. The highest BCUT2D eigenvalue weighted by Gasteiger charge is 2.18. The number of nitrogen functional groups attached to an aromatic ring is 1. The monoisotopic (exact) mass is 383 g/mol. The molecule has 0 radical (unpaired) electrons. The number of ketones is 1. The Morgan fingerprint density at radius 2 is 1.68 bits per heavy atom. The fraction of sp³-hybridized carbons (Fsp3) is 0.176. The van der Waals surface area contributed by atoms with Crippen molar-refractivity contribution in [1.82, 2.24) is 0 Å². The van der Waals surface area contributed by atoms with E-state index in [1.807, 2.05) is 0 Å². The standard InChI is InChI=1S/C17H15Cl2NO5/c1-23-15-4-3-9(5-12(15)19)14(21)8-25-17(22)10-6-11(18)13(20)7-16(10)24-2/h3-7H,8,20H2,1-2H3. The van der Waals surface area contributed by atoms with Crippen LogP contribution in [0, 0.1) is 0 Å². The lowest BCUT2D eigenvalue weighted by molar-refractivity contribution is 0.0471. The Kier molecular flexibility index (Phi) is 6.12. The third-order valence-electron chi connectivity index (χ3n) is 3.35. The van der Waals surface area contributed by atoms with Crippen LogP contribution in [0.15, 0.2) is 30.3 Å². The molecule has 0 saturated carbocycles. The van der Waals surface area contributed by atoms with Crippen LogP contribution >= 0.6 is 23.2 Å². The summed E-state index contributed by atoms with van der Waals surface area (Å²) in [7, 11) is 2.85. The first-order valence-corrected chi connectivity index (χ1v) is 7.79. The van der Waals surface area contributed by atoms with Crippen molar-refractivity contribution in [2.75, 3.05) is 26.6 Å². The van der Waals surface area contributed by atoms with E-state index in [0.717, 1.165) is 0 Å². The van der Waals surface area contributed by atoms with E-state index in [9.17, 15) is 9.59 Å². The van der Waals surface area contributed by atoms with Gasteiger partial charge in [-0.2, -0.15) is 0 Å². The quantitative estimate of drug-likeness (QED) is 0.465. The number of hydrogen-bond donors (Lipinski definition) is 1. The highest BCUT2D eigenvalue weighted by Crippen LogP contribution is 2.29. The molecule has 8 heteroatoms. The second kappa shape index (κ2) is 8.09. The van der Waals surface area contributed by atoms with Gasteiger partial charge in [0.25, 0.3) is 0 Å². The summed E-state index contributed by atoms with van der Waals surface area (Å²) < 4.78 is 15.1. The first-order valence-electron chi connectivity index (χ1n) is 7.04. The van der Waals surface area contributed by atoms with Crippen LogP contribution in [0.25, 0.3) is 0 Å². The van der Waals surface area contributed by atoms with Gasteiger partial charge in [0.05, 0.1) is 30.0 Å². The Morgan fingerprint density at radius 1 is 1.00 bits per heavy atom. The molecule has 0 aliphatic rings. The second-order valence-electron chi connectivity index (χ2n) is 4.92. The number of anilines is 1. The fourth-order valence-corrected chi connectivity index (χ4v) is 2.45. The Labute approximate surface area is 154 Å². The minimum atomic E-state index is -0.758. The minimum absolute atomic E-state index is 0.0715. The molecule has 0 fully saturated rings. The average molecular weight is 384 g/mol. The lowest BCUT2D eigenvalue weighted by Crippen LogP contribution is -2.15. The van der Waals surface area contributed by atoms with E-state index >= 15 is 0 Å². The van der Waals surface area contributed by atoms with Gasteiger partial charge in [-0.3, -0.25) is 4.79 Å². The fourth-order valence-electron chi connectivity index (χ4n) is 2.03. The summed E-state index contributed by atoms with van der Waals surface area (Å²) >= 11 is 11.9. The van der Waals surface area contributed by atoms with Gasteiger partial charge >= 0.3 is 5.97 Å². The van der Waals surface area contributed by atoms with Crippen LogP contribution in [0.5, 0.6) is 11.5 Å². The molecule has 2 aromatic rings. The zero-order chi connectivity index (χ0) is 18.6. The van der Waals surface area contributed by atoms with Crippen molar-refractivity contribution in [2.45, 2.75) is 0 Å². The molecule has 0 aliphatic carbocycles. The van der Waals surface area contributed by atoms with Gasteiger partial charge in [-0.25, -0.2) is 4.79 Å². The van der Waals surface area contributed by atoms with Gasteiger partial charge in [0.15, 0.2) is 12.4 Å². The zero-order valence-electron chi connectivity index (χ0n) is 13.5. The van der Waals surface area contributed by atoms with Crippen LogP contribution in [-0.4, -0.2) is 32.6 Å². The van der Waals surface area contributed by atoms with Crippen LogP contribution in [0.1, 0.15) is 20.7 Å². The number of nitrogens with two attached hydrogens (primary N) is 1. The van der Waals surface area contributed by atoms with Gasteiger partial charge < -0.3 is 19.9 Å². The van der Waals surface area contributed by atoms with Gasteiger partial charge in [0.1, 0.15) is 17.1 Å². The van der Waals surface area contributed by atoms with Crippen molar-refractivity contribution in [3.8, 4) is 11.5 Å². The van der Waals surface area contributed by atoms with Gasteiger partial charge in [-0.1, -0.05) is 23.2 Å². The molecule has 0 unspecified atom stereocenters. The molecule has 25 heavy (non-hydrogen) atoms. The van der Waals surface area contributed by atoms with Crippen molar-refractivity contribution < 1.29 is 23.8 Å². The topological polar surface area (TPSA) is 87.9 Å². The molecule has 132 valence electrons. The van der Waals surface area contributed by atoms with Gasteiger partial charge in [0.2, 0.25) is 0 Å². The number of hydrogen-bond acceptors (Lipinski definition) is 6. The van der Waals surface area contributed by atoms with Crippen molar-refractivity contribution in [2.24, 2.45) is 0 Å². The lowest BCUT2D eigenvalue weighted by atomic mass is 10.1. The number of benzene rings is 2. The number of rotatable bonds is 6. The predicted octanol–water partition coefficient (Wildman–Crippen LogP) is 3.63. The Hall–Kier alpha value is -2.44.